The first-order valence-corrected chi connectivity index (χ1v) is 8.56. The zero-order valence-electron chi connectivity index (χ0n) is 14.1. The van der Waals surface area contributed by atoms with E-state index in [9.17, 15) is 9.59 Å². The van der Waals surface area contributed by atoms with Crippen LogP contribution in [0.1, 0.15) is 58.8 Å². The number of fused-ring (bicyclic) bond motifs is 2. The van der Waals surface area contributed by atoms with Crippen molar-refractivity contribution in [3.05, 3.63) is 12.2 Å². The molecule has 23 heavy (non-hydrogen) atoms. The maximum absolute atomic E-state index is 12.1. The number of hydrogen-bond donors (Lipinski definition) is 0. The Morgan fingerprint density at radius 1 is 1.22 bits per heavy atom. The van der Waals surface area contributed by atoms with Gasteiger partial charge in [0.2, 0.25) is 0 Å². The summed E-state index contributed by atoms with van der Waals surface area (Å²) >= 11 is 0. The van der Waals surface area contributed by atoms with Crippen molar-refractivity contribution in [2.24, 2.45) is 5.92 Å². The van der Waals surface area contributed by atoms with Crippen molar-refractivity contribution in [1.29, 1.82) is 0 Å². The van der Waals surface area contributed by atoms with Crippen molar-refractivity contribution in [2.45, 2.75) is 76.1 Å². The zero-order chi connectivity index (χ0) is 16.7. The van der Waals surface area contributed by atoms with Crippen molar-refractivity contribution in [3.8, 4) is 0 Å². The van der Waals surface area contributed by atoms with E-state index in [0.717, 1.165) is 44.9 Å². The van der Waals surface area contributed by atoms with Crippen LogP contribution in [0, 0.1) is 5.92 Å². The van der Waals surface area contributed by atoms with Gasteiger partial charge in [-0.25, -0.2) is 4.79 Å². The van der Waals surface area contributed by atoms with Gasteiger partial charge in [0.05, 0.1) is 6.10 Å². The molecule has 3 aliphatic rings. The van der Waals surface area contributed by atoms with Crippen molar-refractivity contribution in [2.75, 3.05) is 6.61 Å². The van der Waals surface area contributed by atoms with Gasteiger partial charge in [0.15, 0.2) is 0 Å². The second kappa shape index (κ2) is 5.93. The highest BCUT2D eigenvalue weighted by Gasteiger charge is 2.60. The second-order valence-corrected chi connectivity index (χ2v) is 7.41. The highest BCUT2D eigenvalue weighted by atomic mass is 16.6. The molecule has 2 aliphatic heterocycles. The summed E-state index contributed by atoms with van der Waals surface area (Å²) in [4.78, 5) is 23.3. The molecule has 2 saturated heterocycles. The van der Waals surface area contributed by atoms with Crippen LogP contribution < -0.4 is 0 Å². The Kier molecular flexibility index (Phi) is 4.25. The summed E-state index contributed by atoms with van der Waals surface area (Å²) in [5.74, 6) is -0.388. The molecule has 3 unspecified atom stereocenters. The molecule has 0 radical (unpaired) electrons. The van der Waals surface area contributed by atoms with Gasteiger partial charge in [0, 0.05) is 18.4 Å². The maximum atomic E-state index is 12.1. The van der Waals surface area contributed by atoms with Gasteiger partial charge in [0.1, 0.15) is 17.8 Å². The number of carbonyl (C=O) groups excluding carboxylic acids is 2. The van der Waals surface area contributed by atoms with Gasteiger partial charge in [-0.2, -0.15) is 0 Å². The number of esters is 2. The molecule has 0 aromatic rings. The molecule has 0 aromatic heterocycles. The lowest BCUT2D eigenvalue weighted by molar-refractivity contribution is -0.163. The number of ether oxygens (including phenoxy) is 3. The van der Waals surface area contributed by atoms with E-state index in [1.54, 1.807) is 6.92 Å². The molecule has 5 nitrogen and oxygen atoms in total. The molecule has 2 heterocycles. The quantitative estimate of drug-likeness (QED) is 0.575. The van der Waals surface area contributed by atoms with Gasteiger partial charge >= 0.3 is 11.9 Å². The van der Waals surface area contributed by atoms with Gasteiger partial charge < -0.3 is 14.2 Å². The smallest absolute Gasteiger partial charge is 0.333 e. The van der Waals surface area contributed by atoms with Crippen LogP contribution in [0.4, 0.5) is 0 Å². The lowest BCUT2D eigenvalue weighted by atomic mass is 9.72. The molecule has 3 atom stereocenters. The fraction of sp³-hybridized carbons (Fsp3) is 0.778. The molecule has 5 heteroatoms. The molecule has 128 valence electrons. The third-order valence-electron chi connectivity index (χ3n) is 5.64. The Morgan fingerprint density at radius 3 is 2.52 bits per heavy atom. The van der Waals surface area contributed by atoms with Crippen molar-refractivity contribution >= 4 is 11.9 Å². The SMILES string of the molecule is C=C(C)C(=O)OC1(C2CC3(COC(C)=O)CCC2O3)CCCC1. The first kappa shape index (κ1) is 16.5. The summed E-state index contributed by atoms with van der Waals surface area (Å²) in [6, 6.07) is 0. The van der Waals surface area contributed by atoms with E-state index >= 15 is 0 Å². The molecule has 2 bridgehead atoms. The fourth-order valence-corrected chi connectivity index (χ4v) is 4.53. The molecular formula is C18H26O5. The molecule has 0 spiro atoms. The van der Waals surface area contributed by atoms with Crippen LogP contribution in [0.25, 0.3) is 0 Å². The molecule has 3 rings (SSSR count). The van der Waals surface area contributed by atoms with Crippen LogP contribution in [-0.4, -0.2) is 35.9 Å². The van der Waals surface area contributed by atoms with E-state index in [1.165, 1.54) is 6.92 Å². The third-order valence-corrected chi connectivity index (χ3v) is 5.64. The highest BCUT2D eigenvalue weighted by Crippen LogP contribution is 2.55. The fourth-order valence-electron chi connectivity index (χ4n) is 4.53. The van der Waals surface area contributed by atoms with Crippen molar-refractivity contribution < 1.29 is 23.8 Å². The summed E-state index contributed by atoms with van der Waals surface area (Å²) in [7, 11) is 0. The molecule has 3 fully saturated rings. The normalized spacial score (nSPS) is 34.3. The van der Waals surface area contributed by atoms with Crippen LogP contribution in [-0.2, 0) is 23.8 Å². The molecular weight excluding hydrogens is 296 g/mol. The predicted octanol–water partition coefficient (Wildman–Crippen LogP) is 2.92. The Balaban J connectivity index is 1.76. The average molecular weight is 322 g/mol. The van der Waals surface area contributed by atoms with Crippen LogP contribution in [0.15, 0.2) is 12.2 Å². The molecule has 0 aromatic carbocycles. The molecule has 0 N–H and O–H groups in total. The lowest BCUT2D eigenvalue weighted by Gasteiger charge is -2.39. The molecule has 1 saturated carbocycles. The standard InChI is InChI=1S/C18H26O5/c1-12(2)16(20)23-18(7-4-5-8-18)14-10-17(11-21-13(3)19)9-6-15(14)22-17/h14-15H,1,4-11H2,2-3H3. The van der Waals surface area contributed by atoms with Crippen LogP contribution in [0.3, 0.4) is 0 Å². The van der Waals surface area contributed by atoms with Crippen LogP contribution >= 0.6 is 0 Å². The zero-order valence-corrected chi connectivity index (χ0v) is 14.1. The number of carbonyl (C=O) groups is 2. The number of rotatable bonds is 5. The van der Waals surface area contributed by atoms with Gasteiger partial charge in [-0.15, -0.1) is 0 Å². The summed E-state index contributed by atoms with van der Waals surface area (Å²) in [6.45, 7) is 7.11. The van der Waals surface area contributed by atoms with E-state index in [0.29, 0.717) is 12.2 Å². The van der Waals surface area contributed by atoms with E-state index in [4.69, 9.17) is 14.2 Å². The minimum atomic E-state index is -0.431. The Morgan fingerprint density at radius 2 is 1.91 bits per heavy atom. The van der Waals surface area contributed by atoms with Crippen molar-refractivity contribution in [1.82, 2.24) is 0 Å². The van der Waals surface area contributed by atoms with Gasteiger partial charge in [-0.1, -0.05) is 6.58 Å². The summed E-state index contributed by atoms with van der Waals surface area (Å²) in [5, 5.41) is 0. The molecule has 1 aliphatic carbocycles. The van der Waals surface area contributed by atoms with E-state index in [-0.39, 0.29) is 29.6 Å². The first-order chi connectivity index (χ1) is 10.9. The van der Waals surface area contributed by atoms with E-state index in [1.807, 2.05) is 0 Å². The van der Waals surface area contributed by atoms with Gasteiger partial charge in [0.25, 0.3) is 0 Å². The minimum Gasteiger partial charge on any atom is -0.463 e. The predicted molar refractivity (Wildman–Crippen MR) is 83.7 cm³/mol. The Bertz CT molecular complexity index is 520. The van der Waals surface area contributed by atoms with Crippen LogP contribution in [0.5, 0.6) is 0 Å². The Labute approximate surface area is 137 Å². The largest absolute Gasteiger partial charge is 0.463 e. The highest BCUT2D eigenvalue weighted by molar-refractivity contribution is 5.87. The lowest BCUT2D eigenvalue weighted by Crippen LogP contribution is -2.46. The monoisotopic (exact) mass is 322 g/mol. The average Bonchev–Trinajstić information content (AvgIpc) is 3.20. The van der Waals surface area contributed by atoms with Gasteiger partial charge in [-0.05, 0) is 51.9 Å². The number of hydrogen-bond acceptors (Lipinski definition) is 5. The van der Waals surface area contributed by atoms with E-state index in [2.05, 4.69) is 6.58 Å². The first-order valence-electron chi connectivity index (χ1n) is 8.56. The van der Waals surface area contributed by atoms with Crippen molar-refractivity contribution in [3.63, 3.8) is 0 Å². The third kappa shape index (κ3) is 3.03. The summed E-state index contributed by atoms with van der Waals surface area (Å²) in [5.41, 5.74) is -0.374. The molecule has 0 amide bonds. The van der Waals surface area contributed by atoms with E-state index < -0.39 is 5.60 Å². The summed E-state index contributed by atoms with van der Waals surface area (Å²) < 4.78 is 17.4. The van der Waals surface area contributed by atoms with Gasteiger partial charge in [-0.3, -0.25) is 4.79 Å². The summed E-state index contributed by atoms with van der Waals surface area (Å²) in [6.07, 6.45) is 6.67. The second-order valence-electron chi connectivity index (χ2n) is 7.41. The Hall–Kier alpha value is -1.36. The minimum absolute atomic E-state index is 0.0987. The maximum Gasteiger partial charge on any atom is 0.333 e. The topological polar surface area (TPSA) is 61.8 Å². The van der Waals surface area contributed by atoms with Crippen LogP contribution in [0.2, 0.25) is 0 Å².